The highest BCUT2D eigenvalue weighted by atomic mass is 28.4. The Morgan fingerprint density at radius 3 is 2.48 bits per heavy atom. The van der Waals surface area contributed by atoms with Gasteiger partial charge in [-0.25, -0.2) is 4.98 Å². The van der Waals surface area contributed by atoms with Gasteiger partial charge in [-0.3, -0.25) is 0 Å². The third-order valence-electron chi connectivity index (χ3n) is 5.92. The van der Waals surface area contributed by atoms with Crippen molar-refractivity contribution in [3.05, 3.63) is 53.2 Å². The summed E-state index contributed by atoms with van der Waals surface area (Å²) in [7, 11) is -1.92. The molecule has 0 fully saturated rings. The molecular weight excluding hydrogens is 326 g/mol. The van der Waals surface area contributed by atoms with Gasteiger partial charge in [-0.1, -0.05) is 45.0 Å². The number of benzene rings is 1. The molecule has 0 saturated heterocycles. The molecule has 0 N–H and O–H groups in total. The van der Waals surface area contributed by atoms with Gasteiger partial charge in [-0.15, -0.1) is 0 Å². The molecule has 0 radical (unpaired) electrons. The van der Waals surface area contributed by atoms with Crippen LogP contribution in [-0.2, 0) is 17.3 Å². The van der Waals surface area contributed by atoms with Crippen molar-refractivity contribution < 1.29 is 8.84 Å². The molecule has 2 unspecified atom stereocenters. The third-order valence-corrected chi connectivity index (χ3v) is 10.4. The van der Waals surface area contributed by atoms with E-state index in [4.69, 9.17) is 8.84 Å². The van der Waals surface area contributed by atoms with Crippen molar-refractivity contribution in [3.63, 3.8) is 0 Å². The molecule has 1 aromatic heterocycles. The number of fused-ring (bicyclic) bond motifs is 1. The summed E-state index contributed by atoms with van der Waals surface area (Å²) in [6, 6.07) is 8.79. The first kappa shape index (κ1) is 18.4. The highest BCUT2D eigenvalue weighted by Crippen LogP contribution is 2.44. The van der Waals surface area contributed by atoms with Gasteiger partial charge in [0.2, 0.25) is 5.89 Å². The van der Waals surface area contributed by atoms with Crippen molar-refractivity contribution in [2.24, 2.45) is 5.92 Å². The van der Waals surface area contributed by atoms with E-state index in [9.17, 15) is 0 Å². The van der Waals surface area contributed by atoms with E-state index in [1.807, 2.05) is 13.1 Å². The second kappa shape index (κ2) is 6.73. The molecule has 25 heavy (non-hydrogen) atoms. The Morgan fingerprint density at radius 1 is 1.20 bits per heavy atom. The Hall–Kier alpha value is -1.39. The molecule has 136 valence electrons. The molecule has 1 aliphatic rings. The molecule has 0 aliphatic heterocycles. The van der Waals surface area contributed by atoms with E-state index in [0.29, 0.717) is 5.92 Å². The van der Waals surface area contributed by atoms with E-state index in [1.54, 1.807) is 0 Å². The van der Waals surface area contributed by atoms with Gasteiger partial charge in [0.15, 0.2) is 8.32 Å². The van der Waals surface area contributed by atoms with Crippen molar-refractivity contribution >= 4 is 8.32 Å². The number of aromatic nitrogens is 1. The van der Waals surface area contributed by atoms with Gasteiger partial charge in [-0.05, 0) is 61.4 Å². The Labute approximate surface area is 152 Å². The molecule has 1 aliphatic carbocycles. The molecule has 0 bridgehead atoms. The maximum Gasteiger partial charge on any atom is 0.222 e. The average molecular weight is 358 g/mol. The van der Waals surface area contributed by atoms with E-state index >= 15 is 0 Å². The zero-order chi connectivity index (χ0) is 18.2. The zero-order valence-electron chi connectivity index (χ0n) is 16.4. The first-order chi connectivity index (χ1) is 11.7. The lowest BCUT2D eigenvalue weighted by Gasteiger charge is -2.41. The monoisotopic (exact) mass is 357 g/mol. The Balaban J connectivity index is 1.90. The predicted octanol–water partition coefficient (Wildman–Crippen LogP) is 5.85. The van der Waals surface area contributed by atoms with E-state index in [1.165, 1.54) is 11.1 Å². The van der Waals surface area contributed by atoms with Gasteiger partial charge in [0, 0.05) is 0 Å². The SMILES string of the molecule is Cc1cnc(C(O[Si](C)(C)C(C)(C)C)C2CCc3ccccc3C2)o1. The van der Waals surface area contributed by atoms with Crippen molar-refractivity contribution in [1.29, 1.82) is 0 Å². The molecule has 2 aromatic rings. The number of oxazole rings is 1. The standard InChI is InChI=1S/C21H31NO2Si/c1-15-14-22-20(23-15)19(24-25(5,6)21(2,3)4)18-12-11-16-9-7-8-10-17(16)13-18/h7-10,14,18-19H,11-13H2,1-6H3. The predicted molar refractivity (Wildman–Crippen MR) is 104 cm³/mol. The highest BCUT2D eigenvalue weighted by molar-refractivity contribution is 6.74. The largest absolute Gasteiger partial charge is 0.443 e. The summed E-state index contributed by atoms with van der Waals surface area (Å²) in [6.45, 7) is 13.4. The highest BCUT2D eigenvalue weighted by Gasteiger charge is 2.43. The van der Waals surface area contributed by atoms with Crippen LogP contribution < -0.4 is 0 Å². The van der Waals surface area contributed by atoms with E-state index in [-0.39, 0.29) is 11.1 Å². The van der Waals surface area contributed by atoms with Gasteiger partial charge in [-0.2, -0.15) is 0 Å². The lowest BCUT2D eigenvalue weighted by Crippen LogP contribution is -2.43. The summed E-state index contributed by atoms with van der Waals surface area (Å²) in [6.07, 6.45) is 5.03. The zero-order valence-corrected chi connectivity index (χ0v) is 17.4. The summed E-state index contributed by atoms with van der Waals surface area (Å²) in [5, 5.41) is 0.166. The maximum atomic E-state index is 6.84. The quantitative estimate of drug-likeness (QED) is 0.644. The van der Waals surface area contributed by atoms with Crippen LogP contribution in [-0.4, -0.2) is 13.3 Å². The fourth-order valence-electron chi connectivity index (χ4n) is 3.33. The van der Waals surface area contributed by atoms with Crippen LogP contribution in [0.2, 0.25) is 18.1 Å². The number of hydrogen-bond donors (Lipinski definition) is 0. The fourth-order valence-corrected chi connectivity index (χ4v) is 4.61. The van der Waals surface area contributed by atoms with Gasteiger partial charge in [0.1, 0.15) is 11.9 Å². The lowest BCUT2D eigenvalue weighted by atomic mass is 9.81. The molecule has 2 atom stereocenters. The van der Waals surface area contributed by atoms with Crippen LogP contribution in [0.3, 0.4) is 0 Å². The van der Waals surface area contributed by atoms with E-state index in [0.717, 1.165) is 30.9 Å². The second-order valence-corrected chi connectivity index (χ2v) is 13.6. The Kier molecular flexibility index (Phi) is 4.95. The number of hydrogen-bond acceptors (Lipinski definition) is 3. The average Bonchev–Trinajstić information content (AvgIpc) is 2.97. The molecule has 1 aromatic carbocycles. The molecule has 0 amide bonds. The van der Waals surface area contributed by atoms with Crippen LogP contribution in [0.5, 0.6) is 0 Å². The minimum atomic E-state index is -1.92. The maximum absolute atomic E-state index is 6.84. The Morgan fingerprint density at radius 2 is 1.88 bits per heavy atom. The molecule has 4 heteroatoms. The van der Waals surface area contributed by atoms with Crippen LogP contribution in [0.25, 0.3) is 0 Å². The van der Waals surface area contributed by atoms with Gasteiger partial charge in [0.25, 0.3) is 0 Å². The third kappa shape index (κ3) is 3.90. The molecule has 3 rings (SSSR count). The first-order valence-corrected chi connectivity index (χ1v) is 12.2. The van der Waals surface area contributed by atoms with Gasteiger partial charge in [0.05, 0.1) is 6.20 Å². The summed E-state index contributed by atoms with van der Waals surface area (Å²) < 4.78 is 12.8. The summed E-state index contributed by atoms with van der Waals surface area (Å²) in [5.41, 5.74) is 2.93. The normalized spacial score (nSPS) is 19.5. The molecule has 0 spiro atoms. The second-order valence-electron chi connectivity index (χ2n) is 8.88. The molecule has 3 nitrogen and oxygen atoms in total. The number of nitrogens with zero attached hydrogens (tertiary/aromatic N) is 1. The molecule has 1 heterocycles. The molecular formula is C21H31NO2Si. The van der Waals surface area contributed by atoms with Crippen LogP contribution in [0.15, 0.2) is 34.9 Å². The number of aryl methyl sites for hydroxylation is 2. The van der Waals surface area contributed by atoms with Crippen molar-refractivity contribution in [2.75, 3.05) is 0 Å². The van der Waals surface area contributed by atoms with Crippen LogP contribution in [0, 0.1) is 12.8 Å². The fraction of sp³-hybridized carbons (Fsp3) is 0.571. The van der Waals surface area contributed by atoms with Crippen LogP contribution in [0.4, 0.5) is 0 Å². The van der Waals surface area contributed by atoms with Gasteiger partial charge < -0.3 is 8.84 Å². The summed E-state index contributed by atoms with van der Waals surface area (Å²) in [4.78, 5) is 4.54. The van der Waals surface area contributed by atoms with Crippen LogP contribution in [0.1, 0.15) is 56.1 Å². The van der Waals surface area contributed by atoms with E-state index < -0.39 is 8.32 Å². The minimum Gasteiger partial charge on any atom is -0.443 e. The smallest absolute Gasteiger partial charge is 0.222 e. The number of rotatable bonds is 4. The summed E-state index contributed by atoms with van der Waals surface area (Å²) in [5.74, 6) is 2.03. The van der Waals surface area contributed by atoms with E-state index in [2.05, 4.69) is 63.1 Å². The van der Waals surface area contributed by atoms with Crippen molar-refractivity contribution in [3.8, 4) is 0 Å². The molecule has 0 saturated carbocycles. The minimum absolute atomic E-state index is 0.0528. The van der Waals surface area contributed by atoms with Crippen LogP contribution >= 0.6 is 0 Å². The Bertz CT molecular complexity index is 729. The first-order valence-electron chi connectivity index (χ1n) is 9.34. The summed E-state index contributed by atoms with van der Waals surface area (Å²) >= 11 is 0. The van der Waals surface area contributed by atoms with Crippen molar-refractivity contribution in [1.82, 2.24) is 4.98 Å². The van der Waals surface area contributed by atoms with Crippen molar-refractivity contribution in [2.45, 2.75) is 71.2 Å². The lowest BCUT2D eigenvalue weighted by molar-refractivity contribution is 0.0818. The topological polar surface area (TPSA) is 35.3 Å². The van der Waals surface area contributed by atoms with Gasteiger partial charge >= 0.3 is 0 Å².